The van der Waals surface area contributed by atoms with Crippen LogP contribution in [0, 0.1) is 29.6 Å². The molecular formula is C36H31N3O7S2. The largest absolute Gasteiger partial charge is 0.483 e. The Balaban J connectivity index is 1.07. The molecule has 0 unspecified atom stereocenters. The molecule has 2 N–H and O–H groups in total. The lowest BCUT2D eigenvalue weighted by Gasteiger charge is -2.43. The van der Waals surface area contributed by atoms with E-state index in [0.29, 0.717) is 22.7 Å². The summed E-state index contributed by atoms with van der Waals surface area (Å²) in [5.74, 6) is -1.69. The molecule has 1 aromatic heterocycles. The molecular weight excluding hydrogens is 651 g/mol. The number of imide groups is 1. The fourth-order valence-corrected chi connectivity index (χ4v) is 11.2. The van der Waals surface area contributed by atoms with Gasteiger partial charge < -0.3 is 19.8 Å². The van der Waals surface area contributed by atoms with Gasteiger partial charge in [-0.05, 0) is 73.6 Å². The third kappa shape index (κ3) is 4.96. The van der Waals surface area contributed by atoms with E-state index in [1.54, 1.807) is 55.1 Å². The van der Waals surface area contributed by atoms with Gasteiger partial charge in [0.05, 0.1) is 34.7 Å². The van der Waals surface area contributed by atoms with Gasteiger partial charge in [-0.2, -0.15) is 0 Å². The second kappa shape index (κ2) is 12.1. The zero-order valence-corrected chi connectivity index (χ0v) is 27.4. The first kappa shape index (κ1) is 30.6. The molecule has 8 rings (SSSR count). The maximum atomic E-state index is 14.0. The lowest BCUT2D eigenvalue weighted by molar-refractivity contribution is -0.123. The van der Waals surface area contributed by atoms with Crippen molar-refractivity contribution in [2.24, 2.45) is 29.6 Å². The fourth-order valence-electron chi connectivity index (χ4n) is 8.31. The number of esters is 1. The maximum Gasteiger partial charge on any atom is 0.338 e. The zero-order valence-electron chi connectivity index (χ0n) is 25.8. The number of carbonyl (C=O) groups is 4. The lowest BCUT2D eigenvalue weighted by atomic mass is 9.68. The smallest absolute Gasteiger partial charge is 0.338 e. The molecule has 2 aliphatic carbocycles. The highest BCUT2D eigenvalue weighted by atomic mass is 32.2. The first-order chi connectivity index (χ1) is 23.3. The number of ether oxygens (including phenoxy) is 2. The van der Waals surface area contributed by atoms with Crippen LogP contribution < -0.4 is 19.8 Å². The summed E-state index contributed by atoms with van der Waals surface area (Å²) >= 11 is 2.80. The number of fused-ring (bicyclic) bond motifs is 9. The number of aromatic amines is 1. The van der Waals surface area contributed by atoms with Crippen molar-refractivity contribution < 1.29 is 28.7 Å². The Hall–Kier alpha value is -4.68. The molecule has 12 heteroatoms. The van der Waals surface area contributed by atoms with E-state index >= 15 is 0 Å². The van der Waals surface area contributed by atoms with Gasteiger partial charge in [0.15, 0.2) is 6.61 Å². The quantitative estimate of drug-likeness (QED) is 0.189. The van der Waals surface area contributed by atoms with Gasteiger partial charge in [0, 0.05) is 27.3 Å². The molecule has 3 amide bonds. The Morgan fingerprint density at radius 1 is 0.917 bits per heavy atom. The third-order valence-electron chi connectivity index (χ3n) is 10.0. The van der Waals surface area contributed by atoms with Crippen molar-refractivity contribution >= 4 is 58.2 Å². The van der Waals surface area contributed by atoms with E-state index in [-0.39, 0.29) is 70.6 Å². The van der Waals surface area contributed by atoms with E-state index in [4.69, 9.17) is 9.47 Å². The number of amides is 3. The number of anilines is 2. The van der Waals surface area contributed by atoms with Gasteiger partial charge in [0.1, 0.15) is 5.75 Å². The standard InChI is InChI=1S/C36H31N3O7S2/c1-2-45-35(43)18-12-14-19(15-13-18)37-25(40)17-46-24-11-7-6-10-21(24)26-27-22-16-23(30(27)47-32-31(26)48-36(44)38-32)29-28(22)33(41)39(34(29)42)20-8-4-3-5-9-20/h3-15,22-23,26-30H,2,16-17H2,1H3,(H,37,40)(H,38,44)/t22-,23-,26+,27-,28+,29+,30-/m1/s1. The fraction of sp³-hybridized carbons (Fsp3) is 0.306. The minimum absolute atomic E-state index is 0.00621. The average Bonchev–Trinajstić information content (AvgIpc) is 3.83. The number of aromatic nitrogens is 1. The number of thioether (sulfide) groups is 1. The molecule has 4 aliphatic rings. The summed E-state index contributed by atoms with van der Waals surface area (Å²) < 4.78 is 11.2. The summed E-state index contributed by atoms with van der Waals surface area (Å²) in [5, 5.41) is 3.63. The minimum atomic E-state index is -0.433. The van der Waals surface area contributed by atoms with Gasteiger partial charge in [-0.1, -0.05) is 47.7 Å². The highest BCUT2D eigenvalue weighted by Gasteiger charge is 2.69. The van der Waals surface area contributed by atoms with E-state index in [0.717, 1.165) is 21.9 Å². The Bertz CT molecular complexity index is 1990. The summed E-state index contributed by atoms with van der Waals surface area (Å²) in [6.07, 6.45) is 0.772. The van der Waals surface area contributed by atoms with Crippen molar-refractivity contribution in [3.05, 3.63) is 105 Å². The van der Waals surface area contributed by atoms with Crippen molar-refractivity contribution in [3.8, 4) is 5.75 Å². The predicted octanol–water partition coefficient (Wildman–Crippen LogP) is 5.31. The summed E-state index contributed by atoms with van der Waals surface area (Å²) in [6, 6.07) is 23.1. The van der Waals surface area contributed by atoms with E-state index in [1.165, 1.54) is 16.2 Å². The first-order valence-electron chi connectivity index (χ1n) is 15.9. The van der Waals surface area contributed by atoms with Crippen LogP contribution in [0.5, 0.6) is 5.75 Å². The highest BCUT2D eigenvalue weighted by Crippen LogP contribution is 2.69. The Labute approximate surface area is 283 Å². The summed E-state index contributed by atoms with van der Waals surface area (Å²) in [4.78, 5) is 70.6. The van der Waals surface area contributed by atoms with Crippen molar-refractivity contribution in [1.82, 2.24) is 4.98 Å². The van der Waals surface area contributed by atoms with Gasteiger partial charge in [0.25, 0.3) is 5.91 Å². The molecule has 3 fully saturated rings. The van der Waals surface area contributed by atoms with Gasteiger partial charge in [-0.3, -0.25) is 24.1 Å². The first-order valence-corrected chi connectivity index (χ1v) is 17.6. The van der Waals surface area contributed by atoms with Crippen LogP contribution >= 0.6 is 23.1 Å². The average molecular weight is 682 g/mol. The van der Waals surface area contributed by atoms with Crippen LogP contribution in [0.25, 0.3) is 0 Å². The van der Waals surface area contributed by atoms with Crippen LogP contribution in [0.2, 0.25) is 0 Å². The molecule has 1 saturated heterocycles. The second-order valence-corrected chi connectivity index (χ2v) is 14.7. The van der Waals surface area contributed by atoms with Gasteiger partial charge in [0.2, 0.25) is 11.8 Å². The van der Waals surface area contributed by atoms with E-state index in [9.17, 15) is 24.0 Å². The van der Waals surface area contributed by atoms with Crippen LogP contribution in [-0.2, 0) is 19.1 Å². The number of nitrogens with one attached hydrogen (secondary N) is 2. The summed E-state index contributed by atoms with van der Waals surface area (Å²) in [7, 11) is 0. The number of hydrogen-bond acceptors (Lipinski definition) is 9. The molecule has 2 bridgehead atoms. The molecule has 3 aromatic carbocycles. The van der Waals surface area contributed by atoms with E-state index < -0.39 is 11.9 Å². The number of carbonyl (C=O) groups excluding carboxylic acids is 4. The molecule has 7 atom stereocenters. The molecule has 48 heavy (non-hydrogen) atoms. The van der Waals surface area contributed by atoms with Crippen LogP contribution in [0.1, 0.15) is 40.1 Å². The number of H-pyrrole nitrogens is 1. The Morgan fingerprint density at radius 2 is 1.62 bits per heavy atom. The van der Waals surface area contributed by atoms with Crippen LogP contribution in [-0.4, -0.2) is 47.1 Å². The number of benzene rings is 3. The lowest BCUT2D eigenvalue weighted by Crippen LogP contribution is -2.42. The molecule has 0 radical (unpaired) electrons. The van der Waals surface area contributed by atoms with Crippen molar-refractivity contribution in [2.45, 2.75) is 29.5 Å². The maximum absolute atomic E-state index is 14.0. The molecule has 3 heterocycles. The van der Waals surface area contributed by atoms with Crippen molar-refractivity contribution in [1.29, 1.82) is 0 Å². The predicted molar refractivity (Wildman–Crippen MR) is 180 cm³/mol. The normalized spacial score (nSPS) is 26.5. The topological polar surface area (TPSA) is 135 Å². The Kier molecular flexibility index (Phi) is 7.72. The highest BCUT2D eigenvalue weighted by molar-refractivity contribution is 8.00. The number of hydrogen-bond donors (Lipinski definition) is 2. The van der Waals surface area contributed by atoms with Crippen LogP contribution in [0.4, 0.5) is 11.4 Å². The number of para-hydroxylation sites is 2. The number of rotatable bonds is 8. The monoisotopic (exact) mass is 681 g/mol. The molecule has 2 saturated carbocycles. The molecule has 2 aliphatic heterocycles. The van der Waals surface area contributed by atoms with E-state index in [1.807, 2.05) is 42.5 Å². The third-order valence-corrected chi connectivity index (χ3v) is 12.6. The van der Waals surface area contributed by atoms with Gasteiger partial charge in [-0.15, -0.1) is 11.8 Å². The van der Waals surface area contributed by atoms with E-state index in [2.05, 4.69) is 10.3 Å². The van der Waals surface area contributed by atoms with Gasteiger partial charge >= 0.3 is 10.8 Å². The van der Waals surface area contributed by atoms with Gasteiger partial charge in [-0.25, -0.2) is 4.79 Å². The summed E-state index contributed by atoms with van der Waals surface area (Å²) in [6.45, 7) is 1.74. The van der Waals surface area contributed by atoms with Crippen LogP contribution in [0.3, 0.4) is 0 Å². The number of thiazole rings is 1. The van der Waals surface area contributed by atoms with Crippen molar-refractivity contribution in [3.63, 3.8) is 0 Å². The molecule has 244 valence electrons. The summed E-state index contributed by atoms with van der Waals surface area (Å²) in [5.41, 5.74) is 2.34. The zero-order chi connectivity index (χ0) is 33.1. The molecule has 4 aromatic rings. The molecule has 0 spiro atoms. The minimum Gasteiger partial charge on any atom is -0.483 e. The molecule has 10 nitrogen and oxygen atoms in total. The Morgan fingerprint density at radius 3 is 2.38 bits per heavy atom. The number of nitrogens with zero attached hydrogens (tertiary/aromatic N) is 1. The van der Waals surface area contributed by atoms with Crippen LogP contribution in [0.15, 0.2) is 88.7 Å². The second-order valence-electron chi connectivity index (χ2n) is 12.5. The SMILES string of the molecule is CCOC(=O)c1ccc(NC(=O)COc2ccccc2[C@@H]2c3sc(=O)[nH]c3S[C@@H]3[C@@H]4C[C@@H]([C@@H]5C(=O)N(c6ccccc6)C(=O)[C@@H]45)[C@H]23)cc1. The van der Waals surface area contributed by atoms with Crippen molar-refractivity contribution in [2.75, 3.05) is 23.4 Å².